The molecule has 0 aromatic rings. The number of hydrogen-bond donors (Lipinski definition) is 1. The Kier molecular flexibility index (Phi) is 5.09. The maximum absolute atomic E-state index is 12.0. The summed E-state index contributed by atoms with van der Waals surface area (Å²) in [5, 5.41) is 2.80. The van der Waals surface area contributed by atoms with E-state index in [1.54, 1.807) is 11.8 Å². The van der Waals surface area contributed by atoms with Crippen LogP contribution in [0.2, 0.25) is 0 Å². The molecule has 12 heavy (non-hydrogen) atoms. The van der Waals surface area contributed by atoms with Gasteiger partial charge >= 0.3 is 0 Å². The zero-order valence-electron chi connectivity index (χ0n) is 8.03. The van der Waals surface area contributed by atoms with Crippen molar-refractivity contribution in [3.8, 4) is 0 Å². The van der Waals surface area contributed by atoms with Crippen LogP contribution in [-0.2, 0) is 0 Å². The van der Waals surface area contributed by atoms with E-state index in [2.05, 4.69) is 5.32 Å². The molecule has 0 aromatic carbocycles. The highest BCUT2D eigenvalue weighted by Crippen LogP contribution is 2.19. The third-order valence-corrected chi connectivity index (χ3v) is 3.03. The lowest BCUT2D eigenvalue weighted by Gasteiger charge is -2.24. The van der Waals surface area contributed by atoms with Crippen LogP contribution in [0.15, 0.2) is 0 Å². The average molecular weight is 197 g/mol. The molecule has 0 saturated carbocycles. The minimum atomic E-state index is -2.28. The Morgan fingerprint density at radius 3 is 2.25 bits per heavy atom. The van der Waals surface area contributed by atoms with E-state index in [4.69, 9.17) is 0 Å². The van der Waals surface area contributed by atoms with Gasteiger partial charge in [0.15, 0.2) is 0 Å². The first-order chi connectivity index (χ1) is 5.39. The van der Waals surface area contributed by atoms with Gasteiger partial charge in [-0.15, -0.1) is 0 Å². The van der Waals surface area contributed by atoms with E-state index in [0.717, 1.165) is 0 Å². The largest absolute Gasteiger partial charge is 0.308 e. The molecule has 0 aromatic heterocycles. The number of rotatable bonds is 5. The quantitative estimate of drug-likeness (QED) is 0.726. The Bertz CT molecular complexity index is 128. The summed E-state index contributed by atoms with van der Waals surface area (Å²) in [7, 11) is 0. The molecule has 0 aliphatic rings. The number of nitrogens with one attached hydrogen (secondary N) is 1. The zero-order valence-corrected chi connectivity index (χ0v) is 8.84. The zero-order chi connectivity index (χ0) is 9.78. The molecule has 0 fully saturated rings. The fraction of sp³-hybridized carbons (Fsp3) is 1.00. The van der Waals surface area contributed by atoms with E-state index in [9.17, 15) is 8.78 Å². The van der Waals surface area contributed by atoms with Crippen molar-refractivity contribution < 1.29 is 8.78 Å². The van der Waals surface area contributed by atoms with Gasteiger partial charge < -0.3 is 5.32 Å². The van der Waals surface area contributed by atoms with E-state index in [1.165, 1.54) is 6.92 Å². The molecule has 1 N–H and O–H groups in total. The van der Waals surface area contributed by atoms with Crippen LogP contribution in [-0.4, -0.2) is 30.0 Å². The Hall–Kier alpha value is 0.170. The maximum Gasteiger partial charge on any atom is 0.253 e. The predicted octanol–water partition coefficient (Wildman–Crippen LogP) is 2.37. The number of hydrogen-bond acceptors (Lipinski definition) is 2. The number of alkyl halides is 2. The second-order valence-electron chi connectivity index (χ2n) is 3.47. The standard InChI is InChI=1S/C8H17F2NS/c1-6(7(9)10)11-5-8(2,3)12-4/h6-7,11H,5H2,1-4H3. The third-order valence-electron chi connectivity index (χ3n) is 1.78. The summed E-state index contributed by atoms with van der Waals surface area (Å²) in [5.74, 6) is 0. The smallest absolute Gasteiger partial charge is 0.253 e. The van der Waals surface area contributed by atoms with Crippen molar-refractivity contribution in [1.29, 1.82) is 0 Å². The van der Waals surface area contributed by atoms with Gasteiger partial charge in [-0.2, -0.15) is 11.8 Å². The van der Waals surface area contributed by atoms with E-state index in [-0.39, 0.29) is 4.75 Å². The average Bonchev–Trinajstić information content (AvgIpc) is 2.00. The Balaban J connectivity index is 3.67. The Labute approximate surface area is 77.3 Å². The van der Waals surface area contributed by atoms with Crippen LogP contribution < -0.4 is 5.32 Å². The number of thioether (sulfide) groups is 1. The van der Waals surface area contributed by atoms with Gasteiger partial charge in [-0.1, -0.05) is 0 Å². The van der Waals surface area contributed by atoms with Gasteiger partial charge in [0.2, 0.25) is 0 Å². The molecule has 0 aliphatic carbocycles. The van der Waals surface area contributed by atoms with Crippen molar-refractivity contribution in [2.24, 2.45) is 0 Å². The van der Waals surface area contributed by atoms with Gasteiger partial charge in [-0.3, -0.25) is 0 Å². The highest BCUT2D eigenvalue weighted by atomic mass is 32.2. The lowest BCUT2D eigenvalue weighted by atomic mass is 10.2. The second kappa shape index (κ2) is 5.02. The summed E-state index contributed by atoms with van der Waals surface area (Å²) in [6.07, 6.45) is -0.294. The van der Waals surface area contributed by atoms with E-state index in [1.807, 2.05) is 20.1 Å². The first-order valence-corrected chi connectivity index (χ1v) is 5.18. The molecule has 0 heterocycles. The number of halogens is 2. The second-order valence-corrected chi connectivity index (χ2v) is 4.98. The molecule has 0 amide bonds. The topological polar surface area (TPSA) is 12.0 Å². The van der Waals surface area contributed by atoms with Crippen molar-refractivity contribution >= 4 is 11.8 Å². The molecular weight excluding hydrogens is 180 g/mol. The van der Waals surface area contributed by atoms with E-state index >= 15 is 0 Å². The van der Waals surface area contributed by atoms with Crippen molar-refractivity contribution in [2.75, 3.05) is 12.8 Å². The Morgan fingerprint density at radius 2 is 1.92 bits per heavy atom. The van der Waals surface area contributed by atoms with Gasteiger partial charge in [-0.25, -0.2) is 8.78 Å². The molecule has 0 saturated heterocycles. The molecule has 0 aliphatic heterocycles. The van der Waals surface area contributed by atoms with Crippen LogP contribution in [0.3, 0.4) is 0 Å². The summed E-state index contributed by atoms with van der Waals surface area (Å²) in [5.41, 5.74) is 0. The van der Waals surface area contributed by atoms with Crippen molar-refractivity contribution in [3.63, 3.8) is 0 Å². The molecule has 0 rings (SSSR count). The lowest BCUT2D eigenvalue weighted by molar-refractivity contribution is 0.105. The first-order valence-electron chi connectivity index (χ1n) is 3.96. The van der Waals surface area contributed by atoms with Crippen LogP contribution in [0, 0.1) is 0 Å². The van der Waals surface area contributed by atoms with Gasteiger partial charge in [0.1, 0.15) is 0 Å². The van der Waals surface area contributed by atoms with Crippen molar-refractivity contribution in [3.05, 3.63) is 0 Å². The summed E-state index contributed by atoms with van der Waals surface area (Å²) < 4.78 is 24.1. The van der Waals surface area contributed by atoms with Gasteiger partial charge in [-0.05, 0) is 27.0 Å². The van der Waals surface area contributed by atoms with E-state index < -0.39 is 12.5 Å². The fourth-order valence-electron chi connectivity index (χ4n) is 0.568. The van der Waals surface area contributed by atoms with Crippen LogP contribution in [0.4, 0.5) is 8.78 Å². The molecule has 0 spiro atoms. The molecule has 1 atom stereocenters. The molecular formula is C8H17F2NS. The highest BCUT2D eigenvalue weighted by molar-refractivity contribution is 7.99. The molecule has 1 nitrogen and oxygen atoms in total. The lowest BCUT2D eigenvalue weighted by Crippen LogP contribution is -2.40. The van der Waals surface area contributed by atoms with Crippen molar-refractivity contribution in [2.45, 2.75) is 38.0 Å². The minimum Gasteiger partial charge on any atom is -0.308 e. The molecule has 4 heteroatoms. The monoisotopic (exact) mass is 197 g/mol. The normalized spacial score (nSPS) is 15.2. The van der Waals surface area contributed by atoms with Crippen LogP contribution >= 0.6 is 11.8 Å². The third kappa shape index (κ3) is 4.93. The Morgan fingerprint density at radius 1 is 1.42 bits per heavy atom. The van der Waals surface area contributed by atoms with E-state index in [0.29, 0.717) is 6.54 Å². The van der Waals surface area contributed by atoms with Crippen molar-refractivity contribution in [1.82, 2.24) is 5.32 Å². The first kappa shape index (κ1) is 12.2. The maximum atomic E-state index is 12.0. The van der Waals surface area contributed by atoms with Crippen LogP contribution in [0.5, 0.6) is 0 Å². The molecule has 0 bridgehead atoms. The fourth-order valence-corrected chi connectivity index (χ4v) is 0.796. The molecule has 1 unspecified atom stereocenters. The SMILES string of the molecule is CSC(C)(C)CNC(C)C(F)F. The summed E-state index contributed by atoms with van der Waals surface area (Å²) in [6, 6.07) is -0.712. The molecule has 0 radical (unpaired) electrons. The minimum absolute atomic E-state index is 0.0309. The van der Waals surface area contributed by atoms with Gasteiger partial charge in [0.25, 0.3) is 6.43 Å². The molecule has 74 valence electrons. The summed E-state index contributed by atoms with van der Waals surface area (Å²) in [4.78, 5) is 0. The van der Waals surface area contributed by atoms with Crippen LogP contribution in [0.1, 0.15) is 20.8 Å². The van der Waals surface area contributed by atoms with Gasteiger partial charge in [0.05, 0.1) is 6.04 Å². The van der Waals surface area contributed by atoms with Crippen LogP contribution in [0.25, 0.3) is 0 Å². The predicted molar refractivity (Wildman–Crippen MR) is 51.1 cm³/mol. The summed E-state index contributed by atoms with van der Waals surface area (Å²) in [6.45, 7) is 6.17. The van der Waals surface area contributed by atoms with Gasteiger partial charge in [0, 0.05) is 11.3 Å². The summed E-state index contributed by atoms with van der Waals surface area (Å²) >= 11 is 1.67. The highest BCUT2D eigenvalue weighted by Gasteiger charge is 2.20.